The summed E-state index contributed by atoms with van der Waals surface area (Å²) in [5.41, 5.74) is 3.73. The first-order chi connectivity index (χ1) is 7.29. The zero-order chi connectivity index (χ0) is 10.7. The molecule has 0 saturated heterocycles. The van der Waals surface area contributed by atoms with E-state index in [0.717, 1.165) is 11.3 Å². The fourth-order valence-electron chi connectivity index (χ4n) is 1.43. The van der Waals surface area contributed by atoms with Crippen molar-refractivity contribution in [2.45, 2.75) is 6.92 Å². The molecule has 15 heavy (non-hydrogen) atoms. The Balaban J connectivity index is 2.50. The van der Waals surface area contributed by atoms with E-state index < -0.39 is 0 Å². The highest BCUT2D eigenvalue weighted by Gasteiger charge is 1.99. The fraction of sp³-hybridized carbons (Fsp3) is 0.0769. The minimum absolute atomic E-state index is 0.649. The number of rotatable bonds is 1. The van der Waals surface area contributed by atoms with Crippen LogP contribution in [0.2, 0.25) is 0 Å². The molecule has 2 rings (SSSR count). The second kappa shape index (κ2) is 3.93. The first-order valence-electron chi connectivity index (χ1n) is 4.70. The van der Waals surface area contributed by atoms with Crippen molar-refractivity contribution in [3.8, 4) is 11.3 Å². The number of benzene rings is 1. The lowest BCUT2D eigenvalue weighted by molar-refractivity contribution is 1.29. The molecule has 0 atom stereocenters. The van der Waals surface area contributed by atoms with Crippen molar-refractivity contribution in [3.05, 3.63) is 59.6 Å². The Morgan fingerprint density at radius 2 is 2.07 bits per heavy atom. The molecular formula is C13H10N2. The summed E-state index contributed by atoms with van der Waals surface area (Å²) >= 11 is 0. The second-order valence-electron chi connectivity index (χ2n) is 3.38. The molecule has 0 aliphatic carbocycles. The maximum absolute atomic E-state index is 6.95. The summed E-state index contributed by atoms with van der Waals surface area (Å²) in [6, 6.07) is 11.5. The van der Waals surface area contributed by atoms with Crippen molar-refractivity contribution in [1.29, 1.82) is 0 Å². The third-order valence-electron chi connectivity index (χ3n) is 2.19. The molecule has 0 radical (unpaired) electrons. The van der Waals surface area contributed by atoms with Gasteiger partial charge in [0.05, 0.1) is 12.3 Å². The largest absolute Gasteiger partial charge is 0.256 e. The van der Waals surface area contributed by atoms with Crippen LogP contribution in [0, 0.1) is 13.5 Å². The SMILES string of the molecule is [C-]#[N+]c1cccc(-c2cc(C)ccn2)c1. The van der Waals surface area contributed by atoms with Gasteiger partial charge in [0.1, 0.15) is 0 Å². The number of pyridine rings is 1. The van der Waals surface area contributed by atoms with Gasteiger partial charge in [-0.2, -0.15) is 0 Å². The highest BCUT2D eigenvalue weighted by atomic mass is 14.7. The van der Waals surface area contributed by atoms with Crippen LogP contribution in [0.15, 0.2) is 42.6 Å². The standard InChI is InChI=1S/C13H10N2/c1-10-6-7-15-13(8-10)11-4-3-5-12(9-11)14-2/h3-9H,1H3. The predicted octanol–water partition coefficient (Wildman–Crippen LogP) is 3.61. The Morgan fingerprint density at radius 1 is 1.20 bits per heavy atom. The Morgan fingerprint density at radius 3 is 2.80 bits per heavy atom. The molecule has 2 nitrogen and oxygen atoms in total. The van der Waals surface area contributed by atoms with E-state index in [2.05, 4.69) is 9.83 Å². The van der Waals surface area contributed by atoms with Crippen molar-refractivity contribution in [2.75, 3.05) is 0 Å². The van der Waals surface area contributed by atoms with E-state index in [1.807, 2.05) is 37.3 Å². The smallest absolute Gasteiger partial charge is 0.187 e. The average Bonchev–Trinajstić information content (AvgIpc) is 2.29. The van der Waals surface area contributed by atoms with Crippen LogP contribution in [0.3, 0.4) is 0 Å². The molecular weight excluding hydrogens is 184 g/mol. The van der Waals surface area contributed by atoms with E-state index in [1.165, 1.54) is 5.56 Å². The highest BCUT2D eigenvalue weighted by molar-refractivity contribution is 5.65. The normalized spacial score (nSPS) is 9.60. The predicted molar refractivity (Wildman–Crippen MR) is 60.7 cm³/mol. The molecule has 0 fully saturated rings. The molecule has 0 bridgehead atoms. The first-order valence-corrected chi connectivity index (χ1v) is 4.70. The van der Waals surface area contributed by atoms with E-state index in [1.54, 1.807) is 12.3 Å². The quantitative estimate of drug-likeness (QED) is 0.634. The molecule has 0 amide bonds. The molecule has 1 heterocycles. The summed E-state index contributed by atoms with van der Waals surface area (Å²) in [4.78, 5) is 7.68. The van der Waals surface area contributed by atoms with Crippen LogP contribution in [0.1, 0.15) is 5.56 Å². The topological polar surface area (TPSA) is 17.2 Å². The molecule has 0 unspecified atom stereocenters. The van der Waals surface area contributed by atoms with Gasteiger partial charge in [-0.3, -0.25) is 4.98 Å². The maximum atomic E-state index is 6.95. The van der Waals surface area contributed by atoms with Gasteiger partial charge in [-0.25, -0.2) is 4.85 Å². The number of hydrogen-bond donors (Lipinski definition) is 0. The summed E-state index contributed by atoms with van der Waals surface area (Å²) < 4.78 is 0. The summed E-state index contributed by atoms with van der Waals surface area (Å²) in [6.07, 6.45) is 1.79. The van der Waals surface area contributed by atoms with E-state index in [9.17, 15) is 0 Å². The molecule has 2 aromatic rings. The summed E-state index contributed by atoms with van der Waals surface area (Å²) in [5, 5.41) is 0. The monoisotopic (exact) mass is 194 g/mol. The molecule has 1 aromatic heterocycles. The first kappa shape index (κ1) is 9.42. The number of aromatic nitrogens is 1. The number of hydrogen-bond acceptors (Lipinski definition) is 1. The van der Waals surface area contributed by atoms with Gasteiger partial charge in [-0.1, -0.05) is 18.2 Å². The lowest BCUT2D eigenvalue weighted by Crippen LogP contribution is -1.83. The van der Waals surface area contributed by atoms with Crippen LogP contribution in [0.25, 0.3) is 16.1 Å². The summed E-state index contributed by atoms with van der Waals surface area (Å²) in [7, 11) is 0. The van der Waals surface area contributed by atoms with Crippen LogP contribution >= 0.6 is 0 Å². The van der Waals surface area contributed by atoms with Gasteiger partial charge in [0.2, 0.25) is 0 Å². The van der Waals surface area contributed by atoms with Crippen molar-refractivity contribution in [3.63, 3.8) is 0 Å². The van der Waals surface area contributed by atoms with E-state index >= 15 is 0 Å². The van der Waals surface area contributed by atoms with Crippen molar-refractivity contribution >= 4 is 5.69 Å². The van der Waals surface area contributed by atoms with Gasteiger partial charge >= 0.3 is 0 Å². The van der Waals surface area contributed by atoms with Gasteiger partial charge in [-0.05, 0) is 36.2 Å². The lowest BCUT2D eigenvalue weighted by atomic mass is 10.1. The molecule has 1 aromatic carbocycles. The van der Waals surface area contributed by atoms with Crippen LogP contribution < -0.4 is 0 Å². The molecule has 72 valence electrons. The molecule has 0 saturated carbocycles. The molecule has 0 aliphatic heterocycles. The highest BCUT2D eigenvalue weighted by Crippen LogP contribution is 2.22. The van der Waals surface area contributed by atoms with Crippen LogP contribution in [0.5, 0.6) is 0 Å². The lowest BCUT2D eigenvalue weighted by Gasteiger charge is -2.01. The van der Waals surface area contributed by atoms with Gasteiger partial charge in [0.15, 0.2) is 5.69 Å². The van der Waals surface area contributed by atoms with Crippen LogP contribution in [-0.4, -0.2) is 4.98 Å². The number of nitrogens with zero attached hydrogens (tertiary/aromatic N) is 2. The minimum atomic E-state index is 0.649. The van der Waals surface area contributed by atoms with Gasteiger partial charge in [-0.15, -0.1) is 0 Å². The van der Waals surface area contributed by atoms with E-state index in [4.69, 9.17) is 6.57 Å². The van der Waals surface area contributed by atoms with Crippen LogP contribution in [0.4, 0.5) is 5.69 Å². The van der Waals surface area contributed by atoms with Crippen molar-refractivity contribution < 1.29 is 0 Å². The van der Waals surface area contributed by atoms with Crippen molar-refractivity contribution in [2.24, 2.45) is 0 Å². The fourth-order valence-corrected chi connectivity index (χ4v) is 1.43. The minimum Gasteiger partial charge on any atom is -0.256 e. The van der Waals surface area contributed by atoms with Gasteiger partial charge in [0, 0.05) is 6.20 Å². The molecule has 0 spiro atoms. The number of aryl methyl sites for hydroxylation is 1. The zero-order valence-corrected chi connectivity index (χ0v) is 8.44. The van der Waals surface area contributed by atoms with E-state index in [0.29, 0.717) is 5.69 Å². The Hall–Kier alpha value is -2.14. The Bertz CT molecular complexity index is 524. The van der Waals surface area contributed by atoms with Crippen molar-refractivity contribution in [1.82, 2.24) is 4.98 Å². The second-order valence-corrected chi connectivity index (χ2v) is 3.38. The third-order valence-corrected chi connectivity index (χ3v) is 2.19. The maximum Gasteiger partial charge on any atom is 0.187 e. The summed E-state index contributed by atoms with van der Waals surface area (Å²) in [5.74, 6) is 0. The Kier molecular flexibility index (Phi) is 2.47. The van der Waals surface area contributed by atoms with Gasteiger partial charge < -0.3 is 0 Å². The van der Waals surface area contributed by atoms with E-state index in [-0.39, 0.29) is 0 Å². The molecule has 0 N–H and O–H groups in total. The summed E-state index contributed by atoms with van der Waals surface area (Å²) in [6.45, 7) is 8.98. The third kappa shape index (κ3) is 2.03. The molecule has 2 heteroatoms. The van der Waals surface area contributed by atoms with Gasteiger partial charge in [0.25, 0.3) is 0 Å². The zero-order valence-electron chi connectivity index (χ0n) is 8.44. The molecule has 0 aliphatic rings. The van der Waals surface area contributed by atoms with Crippen LogP contribution in [-0.2, 0) is 0 Å². The average molecular weight is 194 g/mol. The Labute approximate surface area is 89.0 Å².